The molecular formula is C21H16N4O4. The van der Waals surface area contributed by atoms with Crippen molar-refractivity contribution in [2.75, 3.05) is 10.6 Å². The molecule has 0 unspecified atom stereocenters. The number of hydrogen-bond acceptors (Lipinski definition) is 5. The van der Waals surface area contributed by atoms with Gasteiger partial charge in [-0.15, -0.1) is 0 Å². The van der Waals surface area contributed by atoms with Crippen LogP contribution in [0.3, 0.4) is 0 Å². The third-order valence-electron chi connectivity index (χ3n) is 3.83. The first kappa shape index (κ1) is 19.4. The molecule has 3 aromatic rings. The van der Waals surface area contributed by atoms with Crippen LogP contribution in [-0.4, -0.2) is 21.7 Å². The molecule has 0 aliphatic rings. The first-order valence-electron chi connectivity index (χ1n) is 8.57. The molecule has 8 nitrogen and oxygen atoms in total. The monoisotopic (exact) mass is 388 g/mol. The number of nitrogens with one attached hydrogen (secondary N) is 2. The molecule has 0 fully saturated rings. The zero-order valence-electron chi connectivity index (χ0n) is 15.1. The third-order valence-corrected chi connectivity index (χ3v) is 3.83. The highest BCUT2D eigenvalue weighted by Crippen LogP contribution is 2.14. The van der Waals surface area contributed by atoms with Crippen molar-refractivity contribution in [1.82, 2.24) is 4.98 Å². The quantitative estimate of drug-likeness (QED) is 0.378. The highest BCUT2D eigenvalue weighted by atomic mass is 16.6. The van der Waals surface area contributed by atoms with Gasteiger partial charge >= 0.3 is 0 Å². The van der Waals surface area contributed by atoms with E-state index >= 15 is 0 Å². The van der Waals surface area contributed by atoms with Crippen LogP contribution in [0, 0.1) is 10.1 Å². The van der Waals surface area contributed by atoms with E-state index in [0.29, 0.717) is 22.6 Å². The first-order valence-corrected chi connectivity index (χ1v) is 8.57. The number of carbonyl (C=O) groups excluding carboxylic acids is 2. The predicted octanol–water partition coefficient (Wildman–Crippen LogP) is 3.89. The highest BCUT2D eigenvalue weighted by Gasteiger charge is 2.08. The largest absolute Gasteiger partial charge is 0.322 e. The Morgan fingerprint density at radius 2 is 1.76 bits per heavy atom. The van der Waals surface area contributed by atoms with Gasteiger partial charge in [-0.05, 0) is 54.1 Å². The zero-order valence-corrected chi connectivity index (χ0v) is 15.1. The molecule has 0 saturated carbocycles. The Balaban J connectivity index is 1.62. The third kappa shape index (κ3) is 5.57. The number of aromatic nitrogens is 1. The lowest BCUT2D eigenvalue weighted by Gasteiger charge is -2.07. The van der Waals surface area contributed by atoms with Gasteiger partial charge in [0.15, 0.2) is 0 Å². The first-order chi connectivity index (χ1) is 14.0. The van der Waals surface area contributed by atoms with Gasteiger partial charge in [0, 0.05) is 35.7 Å². The van der Waals surface area contributed by atoms with E-state index in [-0.39, 0.29) is 11.6 Å². The summed E-state index contributed by atoms with van der Waals surface area (Å²) in [7, 11) is 0. The Morgan fingerprint density at radius 3 is 2.45 bits per heavy atom. The lowest BCUT2D eigenvalue weighted by atomic mass is 10.1. The van der Waals surface area contributed by atoms with Gasteiger partial charge in [-0.1, -0.05) is 12.1 Å². The molecule has 3 rings (SSSR count). The van der Waals surface area contributed by atoms with Crippen LogP contribution in [0.15, 0.2) is 79.0 Å². The van der Waals surface area contributed by atoms with Crippen LogP contribution in [0.5, 0.6) is 0 Å². The summed E-state index contributed by atoms with van der Waals surface area (Å²) in [5.41, 5.74) is 1.45. The molecule has 0 radical (unpaired) electrons. The molecule has 0 aliphatic carbocycles. The molecule has 29 heavy (non-hydrogen) atoms. The fourth-order valence-electron chi connectivity index (χ4n) is 2.43. The summed E-state index contributed by atoms with van der Waals surface area (Å²) >= 11 is 0. The van der Waals surface area contributed by atoms with E-state index in [4.69, 9.17) is 0 Å². The maximum absolute atomic E-state index is 12.3. The van der Waals surface area contributed by atoms with Gasteiger partial charge < -0.3 is 10.6 Å². The van der Waals surface area contributed by atoms with Gasteiger partial charge in [0.25, 0.3) is 11.6 Å². The minimum atomic E-state index is -0.489. The van der Waals surface area contributed by atoms with Crippen LogP contribution in [0.25, 0.3) is 6.08 Å². The number of rotatable bonds is 6. The van der Waals surface area contributed by atoms with Gasteiger partial charge in [0.2, 0.25) is 5.91 Å². The number of nitro groups is 1. The average molecular weight is 388 g/mol. The van der Waals surface area contributed by atoms with Crippen LogP contribution in [0.4, 0.5) is 17.2 Å². The molecule has 1 heterocycles. The van der Waals surface area contributed by atoms with Gasteiger partial charge in [0.1, 0.15) is 5.82 Å². The minimum absolute atomic E-state index is 0.0209. The number of pyridine rings is 1. The summed E-state index contributed by atoms with van der Waals surface area (Å²) in [5, 5.41) is 16.0. The summed E-state index contributed by atoms with van der Waals surface area (Å²) in [6.07, 6.45) is 4.42. The molecule has 8 heteroatoms. The van der Waals surface area contributed by atoms with E-state index in [9.17, 15) is 19.7 Å². The summed E-state index contributed by atoms with van der Waals surface area (Å²) in [6, 6.07) is 17.5. The van der Waals surface area contributed by atoms with Gasteiger partial charge in [0.05, 0.1) is 4.92 Å². The van der Waals surface area contributed by atoms with Gasteiger partial charge in [-0.2, -0.15) is 0 Å². The highest BCUT2D eigenvalue weighted by molar-refractivity contribution is 6.06. The normalized spacial score (nSPS) is 10.5. The Labute approximate surface area is 166 Å². The smallest absolute Gasteiger partial charge is 0.269 e. The van der Waals surface area contributed by atoms with E-state index in [0.717, 1.165) is 0 Å². The molecule has 0 atom stereocenters. The van der Waals surface area contributed by atoms with Crippen molar-refractivity contribution in [2.24, 2.45) is 0 Å². The van der Waals surface area contributed by atoms with Crippen LogP contribution in [0.2, 0.25) is 0 Å². The standard InChI is InChI=1S/C21H16N4O4/c26-20(12-9-15-7-10-18(11-8-15)25(28)29)23-17-5-3-4-16(14-17)21(27)24-19-6-1-2-13-22-19/h1-14H,(H,23,26)(H,22,24,27). The van der Waals surface area contributed by atoms with Crippen molar-refractivity contribution in [3.05, 3.63) is 100 Å². The van der Waals surface area contributed by atoms with Crippen LogP contribution in [0.1, 0.15) is 15.9 Å². The number of hydrogen-bond donors (Lipinski definition) is 2. The second-order valence-electron chi connectivity index (χ2n) is 5.92. The van der Waals surface area contributed by atoms with Crippen LogP contribution < -0.4 is 10.6 Å². The zero-order chi connectivity index (χ0) is 20.6. The summed E-state index contributed by atoms with van der Waals surface area (Å²) < 4.78 is 0. The molecule has 0 bridgehead atoms. The Kier molecular flexibility index (Phi) is 6.06. The molecule has 2 aromatic carbocycles. The second kappa shape index (κ2) is 9.05. The number of nitrogens with zero attached hydrogens (tertiary/aromatic N) is 2. The van der Waals surface area contributed by atoms with Crippen molar-refractivity contribution in [2.45, 2.75) is 0 Å². The summed E-state index contributed by atoms with van der Waals surface area (Å²) in [6.45, 7) is 0. The fraction of sp³-hybridized carbons (Fsp3) is 0. The van der Waals surface area contributed by atoms with Crippen molar-refractivity contribution in [3.8, 4) is 0 Å². The van der Waals surface area contributed by atoms with E-state index in [1.54, 1.807) is 60.8 Å². The van der Waals surface area contributed by atoms with E-state index in [1.165, 1.54) is 24.3 Å². The average Bonchev–Trinajstić information content (AvgIpc) is 2.73. The van der Waals surface area contributed by atoms with Crippen molar-refractivity contribution >= 4 is 35.1 Å². The number of nitro benzene ring substituents is 1. The van der Waals surface area contributed by atoms with Crippen molar-refractivity contribution in [1.29, 1.82) is 0 Å². The van der Waals surface area contributed by atoms with Crippen molar-refractivity contribution in [3.63, 3.8) is 0 Å². The van der Waals surface area contributed by atoms with E-state index in [2.05, 4.69) is 15.6 Å². The molecule has 0 spiro atoms. The maximum Gasteiger partial charge on any atom is 0.269 e. The van der Waals surface area contributed by atoms with E-state index < -0.39 is 10.8 Å². The van der Waals surface area contributed by atoms with Crippen molar-refractivity contribution < 1.29 is 14.5 Å². The lowest BCUT2D eigenvalue weighted by Crippen LogP contribution is -2.14. The Bertz CT molecular complexity index is 1060. The summed E-state index contributed by atoms with van der Waals surface area (Å²) in [5.74, 6) is -0.315. The number of amides is 2. The number of benzene rings is 2. The number of carbonyl (C=O) groups is 2. The second-order valence-corrected chi connectivity index (χ2v) is 5.92. The molecule has 0 aliphatic heterocycles. The minimum Gasteiger partial charge on any atom is -0.322 e. The number of non-ortho nitro benzene ring substituents is 1. The topological polar surface area (TPSA) is 114 Å². The van der Waals surface area contributed by atoms with Crippen LogP contribution in [-0.2, 0) is 4.79 Å². The van der Waals surface area contributed by atoms with E-state index in [1.807, 2.05) is 0 Å². The lowest BCUT2D eigenvalue weighted by molar-refractivity contribution is -0.384. The van der Waals surface area contributed by atoms with Gasteiger partial charge in [-0.3, -0.25) is 19.7 Å². The predicted molar refractivity (Wildman–Crippen MR) is 109 cm³/mol. The molecule has 2 N–H and O–H groups in total. The molecule has 1 aromatic heterocycles. The fourth-order valence-corrected chi connectivity index (χ4v) is 2.43. The van der Waals surface area contributed by atoms with Gasteiger partial charge in [-0.25, -0.2) is 4.98 Å². The number of anilines is 2. The Morgan fingerprint density at radius 1 is 0.966 bits per heavy atom. The molecule has 2 amide bonds. The summed E-state index contributed by atoms with van der Waals surface area (Å²) in [4.78, 5) is 38.6. The molecule has 144 valence electrons. The van der Waals surface area contributed by atoms with Crippen LogP contribution >= 0.6 is 0 Å². The SMILES string of the molecule is O=C(C=Cc1ccc([N+](=O)[O-])cc1)Nc1cccc(C(=O)Nc2ccccn2)c1. The molecular weight excluding hydrogens is 372 g/mol. The Hall–Kier alpha value is -4.33. The molecule has 0 saturated heterocycles. The maximum atomic E-state index is 12.3.